The van der Waals surface area contributed by atoms with Gasteiger partial charge in [0.25, 0.3) is 5.91 Å². The second-order valence-electron chi connectivity index (χ2n) is 8.46. The molecule has 3 aromatic rings. The van der Waals surface area contributed by atoms with Gasteiger partial charge in [-0.2, -0.15) is 5.10 Å². The number of rotatable bonds is 9. The van der Waals surface area contributed by atoms with E-state index in [4.69, 9.17) is 5.73 Å². The molecule has 176 valence electrons. The summed E-state index contributed by atoms with van der Waals surface area (Å²) in [5.74, 6) is -4.20. The fourth-order valence-corrected chi connectivity index (χ4v) is 3.93. The lowest BCUT2D eigenvalue weighted by molar-refractivity contribution is -0.162. The van der Waals surface area contributed by atoms with Crippen molar-refractivity contribution in [3.05, 3.63) is 77.6 Å². The number of nitrogens with one attached hydrogen (secondary N) is 1. The van der Waals surface area contributed by atoms with Crippen molar-refractivity contribution in [3.63, 3.8) is 0 Å². The number of benzene rings is 2. The number of carbonyl (C=O) groups excluding carboxylic acids is 2. The number of carboxylic acid groups (broad SMARTS) is 1. The smallest absolute Gasteiger partial charge is 0.351 e. The average Bonchev–Trinajstić information content (AvgIpc) is 3.29. The molecule has 0 radical (unpaired) electrons. The third kappa shape index (κ3) is 4.75. The number of ketones is 1. The Morgan fingerprint density at radius 2 is 1.71 bits per heavy atom. The molecular formula is C25H26N4O5. The Morgan fingerprint density at radius 1 is 1.06 bits per heavy atom. The molecule has 4 rings (SSSR count). The molecule has 2 aromatic carbocycles. The first-order valence-electron chi connectivity index (χ1n) is 11.1. The van der Waals surface area contributed by atoms with Crippen LogP contribution < -0.4 is 5.73 Å². The molecule has 0 saturated carbocycles. The SMILES string of the molecule is NC(O)(C(=O)O)C(CCc1ccc(-c2ccccc2)cc1)C(=O)c1cc(C(=O)N2CCC2)[nH]n1. The zero-order valence-electron chi connectivity index (χ0n) is 18.5. The zero-order chi connectivity index (χ0) is 24.3. The van der Waals surface area contributed by atoms with Crippen molar-refractivity contribution in [2.75, 3.05) is 13.1 Å². The largest absolute Gasteiger partial charge is 0.478 e. The van der Waals surface area contributed by atoms with E-state index >= 15 is 0 Å². The van der Waals surface area contributed by atoms with Gasteiger partial charge in [0.05, 0.1) is 5.92 Å². The van der Waals surface area contributed by atoms with Gasteiger partial charge in [-0.25, -0.2) is 4.79 Å². The number of aryl methyl sites for hydroxylation is 1. The van der Waals surface area contributed by atoms with Crippen molar-refractivity contribution in [3.8, 4) is 11.1 Å². The molecule has 1 aromatic heterocycles. The van der Waals surface area contributed by atoms with Crippen LogP contribution >= 0.6 is 0 Å². The Hall–Kier alpha value is -3.82. The van der Waals surface area contributed by atoms with Crippen LogP contribution in [0, 0.1) is 5.92 Å². The lowest BCUT2D eigenvalue weighted by Crippen LogP contribution is -2.56. The lowest BCUT2D eigenvalue weighted by Gasteiger charge is -2.30. The number of hydrogen-bond acceptors (Lipinski definition) is 6. The van der Waals surface area contributed by atoms with E-state index < -0.39 is 23.4 Å². The van der Waals surface area contributed by atoms with Gasteiger partial charge in [-0.1, -0.05) is 54.6 Å². The first-order chi connectivity index (χ1) is 16.3. The maximum absolute atomic E-state index is 13.1. The molecule has 9 heteroatoms. The second-order valence-corrected chi connectivity index (χ2v) is 8.46. The van der Waals surface area contributed by atoms with E-state index in [9.17, 15) is 24.6 Å². The van der Waals surface area contributed by atoms with E-state index in [0.29, 0.717) is 19.5 Å². The minimum Gasteiger partial charge on any atom is -0.478 e. The number of Topliss-reactive ketones (excluding diaryl/α,β-unsaturated/α-hetero) is 1. The molecular weight excluding hydrogens is 436 g/mol. The fraction of sp³-hybridized carbons (Fsp3) is 0.280. The van der Waals surface area contributed by atoms with Gasteiger partial charge in [0, 0.05) is 13.1 Å². The van der Waals surface area contributed by atoms with E-state index in [1.54, 1.807) is 4.90 Å². The van der Waals surface area contributed by atoms with Crippen LogP contribution in [0.25, 0.3) is 11.1 Å². The number of hydrogen-bond donors (Lipinski definition) is 4. The highest BCUT2D eigenvalue weighted by molar-refractivity contribution is 6.02. The zero-order valence-corrected chi connectivity index (χ0v) is 18.5. The van der Waals surface area contributed by atoms with Crippen LogP contribution in [0.1, 0.15) is 39.4 Å². The van der Waals surface area contributed by atoms with Gasteiger partial charge < -0.3 is 15.1 Å². The molecule has 0 bridgehead atoms. The number of aromatic nitrogens is 2. The number of carboxylic acids is 1. The summed E-state index contributed by atoms with van der Waals surface area (Å²) < 4.78 is 0. The lowest BCUT2D eigenvalue weighted by atomic mass is 9.85. The van der Waals surface area contributed by atoms with Gasteiger partial charge in [-0.05, 0) is 42.0 Å². The molecule has 1 fully saturated rings. The highest BCUT2D eigenvalue weighted by Crippen LogP contribution is 2.26. The average molecular weight is 463 g/mol. The number of carbonyl (C=O) groups is 3. The molecule has 0 spiro atoms. The monoisotopic (exact) mass is 462 g/mol. The van der Waals surface area contributed by atoms with Crippen LogP contribution in [0.3, 0.4) is 0 Å². The summed E-state index contributed by atoms with van der Waals surface area (Å²) in [5.41, 5.74) is 5.82. The van der Waals surface area contributed by atoms with Gasteiger partial charge >= 0.3 is 5.97 Å². The maximum atomic E-state index is 13.1. The minimum atomic E-state index is -2.79. The molecule has 34 heavy (non-hydrogen) atoms. The number of nitrogens with two attached hydrogens (primary N) is 1. The Morgan fingerprint density at radius 3 is 2.29 bits per heavy atom. The summed E-state index contributed by atoms with van der Waals surface area (Å²) in [6.07, 6.45) is 1.20. The first-order valence-corrected chi connectivity index (χ1v) is 11.1. The Labute approximate surface area is 196 Å². The van der Waals surface area contributed by atoms with Crippen molar-refractivity contribution < 1.29 is 24.6 Å². The molecule has 1 aliphatic heterocycles. The summed E-state index contributed by atoms with van der Waals surface area (Å²) in [6, 6.07) is 18.8. The predicted octanol–water partition coefficient (Wildman–Crippen LogP) is 2.09. The fourth-order valence-electron chi connectivity index (χ4n) is 3.93. The molecule has 5 N–H and O–H groups in total. The van der Waals surface area contributed by atoms with Crippen molar-refractivity contribution in [2.24, 2.45) is 11.7 Å². The van der Waals surface area contributed by atoms with Gasteiger partial charge in [0.2, 0.25) is 5.72 Å². The summed E-state index contributed by atoms with van der Waals surface area (Å²) in [5, 5.41) is 26.3. The van der Waals surface area contributed by atoms with Crippen LogP contribution in [-0.2, 0) is 11.2 Å². The maximum Gasteiger partial charge on any atom is 0.351 e. The second kappa shape index (κ2) is 9.58. The number of amides is 1. The summed E-state index contributed by atoms with van der Waals surface area (Å²) in [6.45, 7) is 1.27. The predicted molar refractivity (Wildman–Crippen MR) is 124 cm³/mol. The summed E-state index contributed by atoms with van der Waals surface area (Å²) in [7, 11) is 0. The van der Waals surface area contributed by atoms with E-state index in [-0.39, 0.29) is 23.7 Å². The number of aromatic amines is 1. The van der Waals surface area contributed by atoms with Crippen LogP contribution in [0.4, 0.5) is 0 Å². The number of aliphatic hydroxyl groups is 1. The number of nitrogens with zero attached hydrogens (tertiary/aromatic N) is 2. The number of aliphatic carboxylic acids is 1. The molecule has 1 amide bonds. The highest BCUT2D eigenvalue weighted by Gasteiger charge is 2.45. The quantitative estimate of drug-likeness (QED) is 0.281. The normalized spacial score (nSPS) is 15.8. The van der Waals surface area contributed by atoms with Crippen molar-refractivity contribution >= 4 is 17.7 Å². The van der Waals surface area contributed by atoms with E-state index in [0.717, 1.165) is 23.1 Å². The minimum absolute atomic E-state index is 0.0227. The highest BCUT2D eigenvalue weighted by atomic mass is 16.4. The third-order valence-corrected chi connectivity index (χ3v) is 6.18. The van der Waals surface area contributed by atoms with Gasteiger partial charge in [0.1, 0.15) is 11.4 Å². The van der Waals surface area contributed by atoms with Crippen LogP contribution in [0.15, 0.2) is 60.7 Å². The summed E-state index contributed by atoms with van der Waals surface area (Å²) >= 11 is 0. The Bertz CT molecular complexity index is 1180. The van der Waals surface area contributed by atoms with E-state index in [2.05, 4.69) is 10.2 Å². The molecule has 2 heterocycles. The molecule has 0 aliphatic carbocycles. The number of likely N-dealkylation sites (tertiary alicyclic amines) is 1. The first kappa shape index (κ1) is 23.3. The molecule has 2 unspecified atom stereocenters. The van der Waals surface area contributed by atoms with E-state index in [1.165, 1.54) is 6.07 Å². The van der Waals surface area contributed by atoms with E-state index in [1.807, 2.05) is 54.6 Å². The number of H-pyrrole nitrogens is 1. The third-order valence-electron chi connectivity index (χ3n) is 6.18. The van der Waals surface area contributed by atoms with Crippen LogP contribution in [0.2, 0.25) is 0 Å². The van der Waals surface area contributed by atoms with Crippen molar-refractivity contribution in [1.29, 1.82) is 0 Å². The Balaban J connectivity index is 1.50. The topological polar surface area (TPSA) is 150 Å². The van der Waals surface area contributed by atoms with Gasteiger partial charge in [-0.15, -0.1) is 0 Å². The van der Waals surface area contributed by atoms with Gasteiger partial charge in [-0.3, -0.25) is 20.4 Å². The van der Waals surface area contributed by atoms with Crippen LogP contribution in [0.5, 0.6) is 0 Å². The molecule has 9 nitrogen and oxygen atoms in total. The molecule has 1 saturated heterocycles. The van der Waals surface area contributed by atoms with Gasteiger partial charge in [0.15, 0.2) is 5.78 Å². The van der Waals surface area contributed by atoms with Crippen molar-refractivity contribution in [1.82, 2.24) is 15.1 Å². The Kier molecular flexibility index (Phi) is 6.58. The molecule has 1 aliphatic rings. The standard InChI is InChI=1S/C25H26N4O5/c26-25(34,24(32)33)19(22(30)20-15-21(28-27-20)23(31)29-13-4-14-29)12-9-16-7-10-18(11-8-16)17-5-2-1-3-6-17/h1-3,5-8,10-11,15,19,34H,4,9,12-14,26H2,(H,27,28)(H,32,33). The van der Waals surface area contributed by atoms with Crippen LogP contribution in [-0.4, -0.2) is 61.8 Å². The summed E-state index contributed by atoms with van der Waals surface area (Å²) in [4.78, 5) is 38.7. The van der Waals surface area contributed by atoms with Crippen molar-refractivity contribution in [2.45, 2.75) is 25.0 Å². The molecule has 2 atom stereocenters.